The number of rotatable bonds is 6. The summed E-state index contributed by atoms with van der Waals surface area (Å²) in [5, 5.41) is 0. The van der Waals surface area contributed by atoms with Crippen LogP contribution in [0.4, 0.5) is 4.79 Å². The molecule has 0 aliphatic carbocycles. The molecule has 0 radical (unpaired) electrons. The Bertz CT molecular complexity index is 925. The molecule has 0 bridgehead atoms. The molecule has 1 amide bonds. The second-order valence-electron chi connectivity index (χ2n) is 8.03. The van der Waals surface area contributed by atoms with Gasteiger partial charge in [0, 0.05) is 13.1 Å². The Morgan fingerprint density at radius 2 is 1.20 bits per heavy atom. The zero-order valence-corrected chi connectivity index (χ0v) is 21.3. The number of aryl methyl sites for hydroxylation is 2. The maximum atomic E-state index is 10.9. The summed E-state index contributed by atoms with van der Waals surface area (Å²) in [6, 6.07) is 30.5. The van der Waals surface area contributed by atoms with E-state index in [1.807, 2.05) is 30.3 Å². The highest BCUT2D eigenvalue weighted by molar-refractivity contribution is 7.32. The van der Waals surface area contributed by atoms with Crippen molar-refractivity contribution in [2.45, 2.75) is 38.7 Å². The first-order valence-electron chi connectivity index (χ1n) is 11.9. The van der Waals surface area contributed by atoms with E-state index < -0.39 is 8.25 Å². The minimum atomic E-state index is -2.78. The molecule has 1 atom stereocenters. The van der Waals surface area contributed by atoms with Gasteiger partial charge in [0.15, 0.2) is 0 Å². The summed E-state index contributed by atoms with van der Waals surface area (Å²) < 4.78 is 19.2. The smallest absolute Gasteiger partial charge is 0.409 e. The summed E-state index contributed by atoms with van der Waals surface area (Å²) in [7, 11) is -1.35. The van der Waals surface area contributed by atoms with Gasteiger partial charge in [0.2, 0.25) is 0 Å². The molecule has 4 rings (SSSR count). The van der Waals surface area contributed by atoms with Crippen molar-refractivity contribution in [3.63, 3.8) is 0 Å². The number of carbonyl (C=O) groups is 1. The van der Waals surface area contributed by atoms with Crippen LogP contribution in [-0.4, -0.2) is 36.1 Å². The largest absolute Gasteiger partial charge is 0.453 e. The molecule has 188 valence electrons. The molecular formula is C28H36NO5P. The van der Waals surface area contributed by atoms with Crippen molar-refractivity contribution < 1.29 is 23.5 Å². The van der Waals surface area contributed by atoms with Gasteiger partial charge in [-0.25, -0.2) is 4.79 Å². The van der Waals surface area contributed by atoms with Crippen LogP contribution in [0, 0.1) is 0 Å². The first-order chi connectivity index (χ1) is 17.1. The highest BCUT2D eigenvalue weighted by Crippen LogP contribution is 2.17. The number of likely N-dealkylation sites (tertiary alicyclic amines) is 1. The van der Waals surface area contributed by atoms with E-state index in [0.29, 0.717) is 0 Å². The van der Waals surface area contributed by atoms with E-state index in [4.69, 9.17) is 4.89 Å². The molecule has 1 saturated heterocycles. The number of methoxy groups -OCH3 is 1. The standard InChI is InChI=1S/C14H14.C7H13NO2.C7H9O3P/c1-3-7-13(8-4-1)11-12-14-9-5-2-6-10-14;1-10-7(9)8-5-3-2-4-6-8;8-11(9)10-6-7-4-2-1-3-5-7/h1-10H,11-12H2;2-6H2,1H3;1-5,11H,6H2,(H,8,9). The number of hydrogen-bond donors (Lipinski definition) is 1. The molecule has 1 unspecified atom stereocenters. The first-order valence-corrected chi connectivity index (χ1v) is 13.1. The van der Waals surface area contributed by atoms with Crippen LogP contribution in [0.25, 0.3) is 0 Å². The van der Waals surface area contributed by atoms with Crippen molar-refractivity contribution in [1.82, 2.24) is 4.90 Å². The predicted octanol–water partition coefficient (Wildman–Crippen LogP) is 6.30. The van der Waals surface area contributed by atoms with Gasteiger partial charge in [0.1, 0.15) is 0 Å². The SMILES string of the molecule is COC(=O)N1CCCCC1.O=[PH](O)OCc1ccccc1.c1ccc(CCc2ccccc2)cc1. The number of nitrogens with zero attached hydrogens (tertiary/aromatic N) is 1. The van der Waals surface area contributed by atoms with E-state index in [1.54, 1.807) is 4.90 Å². The van der Waals surface area contributed by atoms with E-state index >= 15 is 0 Å². The Morgan fingerprint density at radius 3 is 1.60 bits per heavy atom. The van der Waals surface area contributed by atoms with Crippen molar-refractivity contribution in [2.75, 3.05) is 20.2 Å². The van der Waals surface area contributed by atoms with Crippen molar-refractivity contribution >= 4 is 14.3 Å². The number of hydrogen-bond acceptors (Lipinski definition) is 4. The van der Waals surface area contributed by atoms with Crippen LogP contribution < -0.4 is 0 Å². The minimum Gasteiger partial charge on any atom is -0.453 e. The molecule has 0 aromatic heterocycles. The third kappa shape index (κ3) is 12.9. The second-order valence-corrected chi connectivity index (χ2v) is 8.85. The number of piperidine rings is 1. The fraction of sp³-hybridized carbons (Fsp3) is 0.321. The number of benzene rings is 3. The summed E-state index contributed by atoms with van der Waals surface area (Å²) in [6.45, 7) is 1.94. The molecular weight excluding hydrogens is 461 g/mol. The molecule has 0 saturated carbocycles. The normalized spacial score (nSPS) is 13.4. The molecule has 3 aromatic rings. The Balaban J connectivity index is 0.000000189. The van der Waals surface area contributed by atoms with Crippen molar-refractivity contribution in [3.05, 3.63) is 108 Å². The predicted molar refractivity (Wildman–Crippen MR) is 141 cm³/mol. The van der Waals surface area contributed by atoms with Crippen LogP contribution in [0.15, 0.2) is 91.0 Å². The van der Waals surface area contributed by atoms with E-state index in [1.165, 1.54) is 24.7 Å². The van der Waals surface area contributed by atoms with Crippen molar-refractivity contribution in [1.29, 1.82) is 0 Å². The fourth-order valence-electron chi connectivity index (χ4n) is 3.50. The summed E-state index contributed by atoms with van der Waals surface area (Å²) in [5.74, 6) is 0. The van der Waals surface area contributed by atoms with E-state index in [0.717, 1.165) is 44.3 Å². The lowest BCUT2D eigenvalue weighted by atomic mass is 10.0. The summed E-state index contributed by atoms with van der Waals surface area (Å²) in [4.78, 5) is 21.0. The molecule has 6 nitrogen and oxygen atoms in total. The molecule has 1 heterocycles. The zero-order chi connectivity index (χ0) is 25.1. The maximum Gasteiger partial charge on any atom is 0.409 e. The van der Waals surface area contributed by atoms with Crippen molar-refractivity contribution in [2.24, 2.45) is 0 Å². The van der Waals surface area contributed by atoms with Gasteiger partial charge in [-0.3, -0.25) is 4.57 Å². The lowest BCUT2D eigenvalue weighted by Crippen LogP contribution is -2.35. The minimum absolute atomic E-state index is 0.181. The molecule has 1 fully saturated rings. The third-order valence-electron chi connectivity index (χ3n) is 5.38. The number of amides is 1. The van der Waals surface area contributed by atoms with E-state index in [9.17, 15) is 9.36 Å². The molecule has 0 spiro atoms. The quantitative estimate of drug-likeness (QED) is 0.405. The van der Waals surface area contributed by atoms with Gasteiger partial charge < -0.3 is 19.1 Å². The van der Waals surface area contributed by atoms with Crippen LogP contribution in [0.1, 0.15) is 36.0 Å². The summed E-state index contributed by atoms with van der Waals surface area (Å²) >= 11 is 0. The third-order valence-corrected chi connectivity index (χ3v) is 5.77. The lowest BCUT2D eigenvalue weighted by Gasteiger charge is -2.24. The Hall–Kier alpha value is -2.92. The highest BCUT2D eigenvalue weighted by atomic mass is 31.1. The van der Waals surface area contributed by atoms with Gasteiger partial charge in [-0.15, -0.1) is 0 Å². The van der Waals surface area contributed by atoms with E-state index in [-0.39, 0.29) is 12.7 Å². The fourth-order valence-corrected chi connectivity index (χ4v) is 3.79. The van der Waals surface area contributed by atoms with Gasteiger partial charge in [-0.1, -0.05) is 91.0 Å². The Kier molecular flexibility index (Phi) is 14.2. The topological polar surface area (TPSA) is 76.1 Å². The van der Waals surface area contributed by atoms with Gasteiger partial charge >= 0.3 is 14.3 Å². The molecule has 7 heteroatoms. The van der Waals surface area contributed by atoms with Crippen LogP contribution in [0.2, 0.25) is 0 Å². The van der Waals surface area contributed by atoms with Gasteiger partial charge in [0.25, 0.3) is 0 Å². The zero-order valence-electron chi connectivity index (χ0n) is 20.3. The van der Waals surface area contributed by atoms with Gasteiger partial charge in [-0.05, 0) is 48.8 Å². The van der Waals surface area contributed by atoms with Gasteiger partial charge in [-0.2, -0.15) is 0 Å². The monoisotopic (exact) mass is 497 g/mol. The molecule has 1 aliphatic rings. The lowest BCUT2D eigenvalue weighted by molar-refractivity contribution is 0.115. The first kappa shape index (κ1) is 28.3. The van der Waals surface area contributed by atoms with Crippen molar-refractivity contribution in [3.8, 4) is 0 Å². The van der Waals surface area contributed by atoms with Crippen LogP contribution in [0.5, 0.6) is 0 Å². The van der Waals surface area contributed by atoms with Crippen LogP contribution in [0.3, 0.4) is 0 Å². The average Bonchev–Trinajstić information content (AvgIpc) is 2.93. The number of ether oxygens (including phenoxy) is 1. The highest BCUT2D eigenvalue weighted by Gasteiger charge is 2.15. The van der Waals surface area contributed by atoms with Gasteiger partial charge in [0.05, 0.1) is 13.7 Å². The summed E-state index contributed by atoms with van der Waals surface area (Å²) in [6.07, 6.45) is 5.56. The summed E-state index contributed by atoms with van der Waals surface area (Å²) in [5.41, 5.74) is 3.73. The second kappa shape index (κ2) is 17.5. The van der Waals surface area contributed by atoms with Crippen LogP contribution in [-0.2, 0) is 33.3 Å². The number of carbonyl (C=O) groups excluding carboxylic acids is 1. The molecule has 3 aromatic carbocycles. The molecule has 1 N–H and O–H groups in total. The Labute approximate surface area is 209 Å². The Morgan fingerprint density at radius 1 is 0.771 bits per heavy atom. The molecule has 1 aliphatic heterocycles. The maximum absolute atomic E-state index is 10.9. The average molecular weight is 498 g/mol. The molecule has 35 heavy (non-hydrogen) atoms. The van der Waals surface area contributed by atoms with Crippen LogP contribution >= 0.6 is 8.25 Å². The van der Waals surface area contributed by atoms with E-state index in [2.05, 4.69) is 69.9 Å².